The van der Waals surface area contributed by atoms with E-state index in [0.29, 0.717) is 19.6 Å². The van der Waals surface area contributed by atoms with Gasteiger partial charge in [-0.25, -0.2) is 9.37 Å². The van der Waals surface area contributed by atoms with Crippen molar-refractivity contribution in [3.8, 4) is 0 Å². The lowest BCUT2D eigenvalue weighted by Crippen LogP contribution is -2.50. The lowest BCUT2D eigenvalue weighted by atomic mass is 10.2. The normalized spacial score (nSPS) is 15.1. The van der Waals surface area contributed by atoms with E-state index in [0.717, 1.165) is 0 Å². The Morgan fingerprint density at radius 3 is 3.11 bits per heavy atom. The van der Waals surface area contributed by atoms with Gasteiger partial charge in [-0.05, 0) is 13.0 Å². The fourth-order valence-corrected chi connectivity index (χ4v) is 1.88. The molecule has 102 valence electrons. The van der Waals surface area contributed by atoms with Crippen LogP contribution in [0.4, 0.5) is 10.2 Å². The largest absolute Gasteiger partial charge is 0.368 e. The summed E-state index contributed by atoms with van der Waals surface area (Å²) in [7, 11) is 0. The van der Waals surface area contributed by atoms with Gasteiger partial charge in [-0.3, -0.25) is 9.59 Å². The number of carbonyl (C=O) groups is 2. The number of nitrogens with zero attached hydrogens (tertiary/aromatic N) is 2. The summed E-state index contributed by atoms with van der Waals surface area (Å²) in [5, 5.41) is 5.36. The van der Waals surface area contributed by atoms with E-state index in [4.69, 9.17) is 0 Å². The first-order valence-electron chi connectivity index (χ1n) is 6.07. The number of aromatic nitrogens is 1. The Morgan fingerprint density at radius 2 is 2.42 bits per heavy atom. The van der Waals surface area contributed by atoms with Gasteiger partial charge >= 0.3 is 0 Å². The van der Waals surface area contributed by atoms with Gasteiger partial charge in [-0.2, -0.15) is 0 Å². The number of nitrogens with one attached hydrogen (secondary N) is 2. The van der Waals surface area contributed by atoms with Crippen LogP contribution in [-0.2, 0) is 4.79 Å². The molecular weight excluding hydrogens is 251 g/mol. The van der Waals surface area contributed by atoms with Crippen molar-refractivity contribution in [2.45, 2.75) is 6.92 Å². The first-order chi connectivity index (χ1) is 9.13. The molecule has 0 unspecified atom stereocenters. The zero-order valence-corrected chi connectivity index (χ0v) is 10.6. The predicted octanol–water partition coefficient (Wildman–Crippen LogP) is 0.224. The molecule has 0 aliphatic carbocycles. The van der Waals surface area contributed by atoms with Crippen LogP contribution < -0.4 is 10.6 Å². The van der Waals surface area contributed by atoms with E-state index >= 15 is 0 Å². The van der Waals surface area contributed by atoms with E-state index in [9.17, 15) is 14.0 Å². The average Bonchev–Trinajstić information content (AvgIpc) is 2.41. The lowest BCUT2D eigenvalue weighted by Gasteiger charge is -2.26. The van der Waals surface area contributed by atoms with Crippen molar-refractivity contribution < 1.29 is 14.0 Å². The second-order valence-corrected chi connectivity index (χ2v) is 4.13. The summed E-state index contributed by atoms with van der Waals surface area (Å²) < 4.78 is 14.1. The molecule has 1 aliphatic rings. The van der Waals surface area contributed by atoms with Crippen LogP contribution in [0.1, 0.15) is 17.3 Å². The monoisotopic (exact) mass is 266 g/mol. The minimum atomic E-state index is -0.680. The molecule has 1 fully saturated rings. The summed E-state index contributed by atoms with van der Waals surface area (Å²) in [6, 6.07) is 1.32. The number of anilines is 1. The van der Waals surface area contributed by atoms with Crippen molar-refractivity contribution in [1.29, 1.82) is 0 Å². The summed E-state index contributed by atoms with van der Waals surface area (Å²) in [6.45, 7) is 3.04. The van der Waals surface area contributed by atoms with E-state index in [1.54, 1.807) is 0 Å². The van der Waals surface area contributed by atoms with Gasteiger partial charge in [-0.1, -0.05) is 0 Å². The van der Waals surface area contributed by atoms with Crippen molar-refractivity contribution in [2.24, 2.45) is 0 Å². The summed E-state index contributed by atoms with van der Waals surface area (Å²) in [5.41, 5.74) is -0.0688. The molecule has 0 radical (unpaired) electrons. The highest BCUT2D eigenvalue weighted by molar-refractivity contribution is 5.97. The maximum absolute atomic E-state index is 14.1. The highest BCUT2D eigenvalue weighted by Gasteiger charge is 2.25. The summed E-state index contributed by atoms with van der Waals surface area (Å²) >= 11 is 0. The van der Waals surface area contributed by atoms with E-state index < -0.39 is 11.7 Å². The summed E-state index contributed by atoms with van der Waals surface area (Å²) in [6.07, 6.45) is 1.37. The second-order valence-electron chi connectivity index (χ2n) is 4.13. The lowest BCUT2D eigenvalue weighted by molar-refractivity contribution is -0.123. The highest BCUT2D eigenvalue weighted by Crippen LogP contribution is 2.17. The zero-order valence-electron chi connectivity index (χ0n) is 10.6. The van der Waals surface area contributed by atoms with E-state index in [1.807, 2.05) is 6.92 Å². The number of hydrogen-bond donors (Lipinski definition) is 2. The molecule has 0 spiro atoms. The van der Waals surface area contributed by atoms with Gasteiger partial charge in [-0.15, -0.1) is 0 Å². The number of pyridine rings is 1. The van der Waals surface area contributed by atoms with Crippen molar-refractivity contribution in [2.75, 3.05) is 31.5 Å². The molecule has 2 heterocycles. The first-order valence-corrected chi connectivity index (χ1v) is 6.07. The Hall–Kier alpha value is -2.18. The standard InChI is InChI=1S/C12H15FN4O2/c1-2-14-11-10(13)8(3-4-16-11)12(19)17-6-5-15-9(18)7-17/h3-4H,2,5-7H2,1H3,(H,14,16)(H,15,18). The topological polar surface area (TPSA) is 74.3 Å². The summed E-state index contributed by atoms with van der Waals surface area (Å²) in [4.78, 5) is 28.6. The molecule has 1 aliphatic heterocycles. The molecular formula is C12H15FN4O2. The van der Waals surface area contributed by atoms with E-state index in [2.05, 4.69) is 15.6 Å². The molecule has 2 amide bonds. The van der Waals surface area contributed by atoms with Crippen molar-refractivity contribution in [1.82, 2.24) is 15.2 Å². The number of hydrogen-bond acceptors (Lipinski definition) is 4. The third-order valence-electron chi connectivity index (χ3n) is 2.79. The Bertz CT molecular complexity index is 507. The highest BCUT2D eigenvalue weighted by atomic mass is 19.1. The van der Waals surface area contributed by atoms with Crippen molar-refractivity contribution in [3.63, 3.8) is 0 Å². The zero-order chi connectivity index (χ0) is 13.8. The van der Waals surface area contributed by atoms with Gasteiger partial charge in [0.05, 0.1) is 12.1 Å². The molecule has 1 aromatic rings. The van der Waals surface area contributed by atoms with Crippen LogP contribution in [0.2, 0.25) is 0 Å². The molecule has 1 aromatic heterocycles. The minimum Gasteiger partial charge on any atom is -0.368 e. The molecule has 7 heteroatoms. The van der Waals surface area contributed by atoms with E-state index in [1.165, 1.54) is 17.2 Å². The smallest absolute Gasteiger partial charge is 0.257 e. The molecule has 6 nitrogen and oxygen atoms in total. The van der Waals surface area contributed by atoms with Crippen LogP contribution in [-0.4, -0.2) is 47.9 Å². The molecule has 0 atom stereocenters. The van der Waals surface area contributed by atoms with Gasteiger partial charge in [0.15, 0.2) is 11.6 Å². The van der Waals surface area contributed by atoms with Crippen LogP contribution in [0.15, 0.2) is 12.3 Å². The average molecular weight is 266 g/mol. The molecule has 2 N–H and O–H groups in total. The second kappa shape index (κ2) is 5.64. The first kappa shape index (κ1) is 13.3. The van der Waals surface area contributed by atoms with Gasteiger partial charge < -0.3 is 15.5 Å². The molecule has 19 heavy (non-hydrogen) atoms. The van der Waals surface area contributed by atoms with Gasteiger partial charge in [0.2, 0.25) is 5.91 Å². The molecule has 1 saturated heterocycles. The number of amides is 2. The summed E-state index contributed by atoms with van der Waals surface area (Å²) in [5.74, 6) is -1.36. The van der Waals surface area contributed by atoms with Crippen molar-refractivity contribution in [3.05, 3.63) is 23.6 Å². The Labute approximate surface area is 110 Å². The van der Waals surface area contributed by atoms with Crippen LogP contribution in [0.3, 0.4) is 0 Å². The van der Waals surface area contributed by atoms with Gasteiger partial charge in [0.25, 0.3) is 5.91 Å². The third-order valence-corrected chi connectivity index (χ3v) is 2.79. The Balaban J connectivity index is 2.23. The van der Waals surface area contributed by atoms with Crippen molar-refractivity contribution >= 4 is 17.6 Å². The molecule has 0 saturated carbocycles. The predicted molar refractivity (Wildman–Crippen MR) is 67.3 cm³/mol. The SMILES string of the molecule is CCNc1nccc(C(=O)N2CCNC(=O)C2)c1F. The molecule has 2 rings (SSSR count). The molecule has 0 bridgehead atoms. The third kappa shape index (κ3) is 2.81. The van der Waals surface area contributed by atoms with Crippen LogP contribution in [0, 0.1) is 5.82 Å². The maximum Gasteiger partial charge on any atom is 0.257 e. The fraction of sp³-hybridized carbons (Fsp3) is 0.417. The Morgan fingerprint density at radius 1 is 1.63 bits per heavy atom. The number of halogens is 1. The number of carbonyl (C=O) groups excluding carboxylic acids is 2. The quantitative estimate of drug-likeness (QED) is 0.821. The van der Waals surface area contributed by atoms with Gasteiger partial charge in [0.1, 0.15) is 0 Å². The number of rotatable bonds is 3. The van der Waals surface area contributed by atoms with E-state index in [-0.39, 0.29) is 23.8 Å². The maximum atomic E-state index is 14.1. The van der Waals surface area contributed by atoms with Crippen LogP contribution in [0.25, 0.3) is 0 Å². The minimum absolute atomic E-state index is 0.0445. The van der Waals surface area contributed by atoms with Gasteiger partial charge in [0, 0.05) is 25.8 Å². The van der Waals surface area contributed by atoms with Crippen LogP contribution in [0.5, 0.6) is 0 Å². The molecule has 0 aromatic carbocycles. The Kier molecular flexibility index (Phi) is 3.94. The fourth-order valence-electron chi connectivity index (χ4n) is 1.88. The van der Waals surface area contributed by atoms with Crippen LogP contribution >= 0.6 is 0 Å². The number of piperazine rings is 1.